The highest BCUT2D eigenvalue weighted by molar-refractivity contribution is 5.78. The van der Waals surface area contributed by atoms with Crippen molar-refractivity contribution in [3.8, 4) is 0 Å². The molecule has 2 heterocycles. The van der Waals surface area contributed by atoms with Crippen LogP contribution in [-0.4, -0.2) is 36.0 Å². The predicted octanol–water partition coefficient (Wildman–Crippen LogP) is 3.10. The summed E-state index contributed by atoms with van der Waals surface area (Å²) < 4.78 is 0. The Bertz CT molecular complexity index is 497. The summed E-state index contributed by atoms with van der Waals surface area (Å²) in [4.78, 5) is 15.0. The van der Waals surface area contributed by atoms with Crippen LogP contribution in [0.2, 0.25) is 0 Å². The lowest BCUT2D eigenvalue weighted by molar-refractivity contribution is -0.134. The lowest BCUT2D eigenvalue weighted by atomic mass is 9.95. The average Bonchev–Trinajstić information content (AvgIpc) is 2.80. The van der Waals surface area contributed by atoms with Crippen LogP contribution in [0, 0.1) is 0 Å². The van der Waals surface area contributed by atoms with Gasteiger partial charge in [-0.1, -0.05) is 38.1 Å². The van der Waals surface area contributed by atoms with Crippen LogP contribution >= 0.6 is 0 Å². The van der Waals surface area contributed by atoms with Gasteiger partial charge >= 0.3 is 0 Å². The maximum absolute atomic E-state index is 12.8. The Morgan fingerprint density at radius 3 is 2.68 bits per heavy atom. The highest BCUT2D eigenvalue weighted by Crippen LogP contribution is 2.30. The quantitative estimate of drug-likeness (QED) is 0.926. The predicted molar refractivity (Wildman–Crippen MR) is 90.0 cm³/mol. The van der Waals surface area contributed by atoms with Gasteiger partial charge in [0.2, 0.25) is 5.91 Å². The van der Waals surface area contributed by atoms with E-state index in [2.05, 4.69) is 48.3 Å². The minimum Gasteiger partial charge on any atom is -0.335 e. The number of aryl methyl sites for hydroxylation is 1. The van der Waals surface area contributed by atoms with Crippen molar-refractivity contribution in [2.24, 2.45) is 0 Å². The van der Waals surface area contributed by atoms with Crippen LogP contribution in [-0.2, 0) is 11.2 Å². The minimum atomic E-state index is 0.300. The van der Waals surface area contributed by atoms with E-state index in [9.17, 15) is 4.79 Å². The van der Waals surface area contributed by atoms with Crippen molar-refractivity contribution in [2.45, 2.75) is 64.0 Å². The summed E-state index contributed by atoms with van der Waals surface area (Å²) in [6, 6.07) is 9.66. The number of hydrogen-bond donors (Lipinski definition) is 1. The molecule has 0 aliphatic carbocycles. The Balaban J connectivity index is 1.65. The largest absolute Gasteiger partial charge is 0.335 e. The number of hydrogen-bond acceptors (Lipinski definition) is 2. The van der Waals surface area contributed by atoms with Crippen molar-refractivity contribution in [1.29, 1.82) is 0 Å². The summed E-state index contributed by atoms with van der Waals surface area (Å²) in [6.45, 7) is 6.38. The summed E-state index contributed by atoms with van der Waals surface area (Å²) in [5, 5.41) is 3.47. The van der Waals surface area contributed by atoms with Crippen LogP contribution in [0.25, 0.3) is 0 Å². The van der Waals surface area contributed by atoms with Crippen LogP contribution in [0.5, 0.6) is 0 Å². The van der Waals surface area contributed by atoms with Crippen molar-refractivity contribution >= 4 is 5.91 Å². The molecule has 3 heteroatoms. The van der Waals surface area contributed by atoms with E-state index in [-0.39, 0.29) is 0 Å². The maximum atomic E-state index is 12.8. The molecule has 0 aromatic heterocycles. The fraction of sp³-hybridized carbons (Fsp3) is 0.632. The van der Waals surface area contributed by atoms with E-state index in [1.165, 1.54) is 24.0 Å². The number of nitrogens with zero attached hydrogens (tertiary/aromatic N) is 1. The minimum absolute atomic E-state index is 0.300. The molecule has 1 aromatic carbocycles. The molecule has 0 saturated carbocycles. The van der Waals surface area contributed by atoms with E-state index in [1.807, 2.05) is 0 Å². The second kappa shape index (κ2) is 6.82. The van der Waals surface area contributed by atoms with Gasteiger partial charge in [0, 0.05) is 25.0 Å². The van der Waals surface area contributed by atoms with Crippen molar-refractivity contribution in [1.82, 2.24) is 10.2 Å². The Morgan fingerprint density at radius 1 is 1.23 bits per heavy atom. The van der Waals surface area contributed by atoms with Crippen LogP contribution in [0.1, 0.15) is 56.6 Å². The molecular weight excluding hydrogens is 272 g/mol. The zero-order valence-electron chi connectivity index (χ0n) is 13.8. The second-order valence-electron chi connectivity index (χ2n) is 6.88. The Kier molecular flexibility index (Phi) is 4.82. The Hall–Kier alpha value is -1.35. The first kappa shape index (κ1) is 15.5. The molecule has 3 unspecified atom stereocenters. The van der Waals surface area contributed by atoms with Gasteiger partial charge in [-0.15, -0.1) is 0 Å². The van der Waals surface area contributed by atoms with E-state index in [4.69, 9.17) is 0 Å². The molecule has 0 radical (unpaired) electrons. The summed E-state index contributed by atoms with van der Waals surface area (Å²) in [5.41, 5.74) is 2.64. The standard InChI is InChI=1S/C19H28N2O/c1-3-15-4-6-16(7-5-15)14(2)12-19(22)21-17-8-9-18(21)13-20-11-10-17/h4-7,14,17-18,20H,3,8-13H2,1-2H3. The van der Waals surface area contributed by atoms with Gasteiger partial charge in [-0.2, -0.15) is 0 Å². The van der Waals surface area contributed by atoms with Crippen LogP contribution in [0.15, 0.2) is 24.3 Å². The van der Waals surface area contributed by atoms with Gasteiger partial charge in [0.15, 0.2) is 0 Å². The smallest absolute Gasteiger partial charge is 0.223 e. The summed E-state index contributed by atoms with van der Waals surface area (Å²) in [6.07, 6.45) is 5.18. The Morgan fingerprint density at radius 2 is 1.95 bits per heavy atom. The van der Waals surface area contributed by atoms with E-state index in [1.54, 1.807) is 0 Å². The first-order valence-electron chi connectivity index (χ1n) is 8.79. The van der Waals surface area contributed by atoms with Gasteiger partial charge < -0.3 is 10.2 Å². The van der Waals surface area contributed by atoms with Crippen LogP contribution in [0.3, 0.4) is 0 Å². The van der Waals surface area contributed by atoms with Gasteiger partial charge in [0.1, 0.15) is 0 Å². The molecule has 2 saturated heterocycles. The number of carbonyl (C=O) groups is 1. The summed E-state index contributed by atoms with van der Waals surface area (Å²) >= 11 is 0. The SMILES string of the molecule is CCc1ccc(C(C)CC(=O)N2C3CCNCC2CC3)cc1. The van der Waals surface area contributed by atoms with E-state index >= 15 is 0 Å². The van der Waals surface area contributed by atoms with Gasteiger partial charge in [-0.05, 0) is 49.3 Å². The fourth-order valence-electron chi connectivity index (χ4n) is 3.96. The molecule has 2 bridgehead atoms. The normalized spacial score (nSPS) is 25.8. The molecule has 0 spiro atoms. The van der Waals surface area contributed by atoms with Gasteiger partial charge in [0.05, 0.1) is 0 Å². The molecular formula is C19H28N2O. The highest BCUT2D eigenvalue weighted by Gasteiger charge is 2.38. The van der Waals surface area contributed by atoms with Crippen molar-refractivity contribution in [3.63, 3.8) is 0 Å². The third kappa shape index (κ3) is 3.19. The number of benzene rings is 1. The molecule has 2 aliphatic heterocycles. The van der Waals surface area contributed by atoms with E-state index < -0.39 is 0 Å². The summed E-state index contributed by atoms with van der Waals surface area (Å²) in [7, 11) is 0. The number of nitrogens with one attached hydrogen (secondary N) is 1. The third-order valence-corrected chi connectivity index (χ3v) is 5.38. The molecule has 2 fully saturated rings. The maximum Gasteiger partial charge on any atom is 0.223 e. The van der Waals surface area contributed by atoms with Crippen molar-refractivity contribution in [3.05, 3.63) is 35.4 Å². The molecule has 1 amide bonds. The van der Waals surface area contributed by atoms with Crippen LogP contribution < -0.4 is 5.32 Å². The third-order valence-electron chi connectivity index (χ3n) is 5.38. The van der Waals surface area contributed by atoms with Gasteiger partial charge in [-0.3, -0.25) is 4.79 Å². The number of carbonyl (C=O) groups excluding carboxylic acids is 1. The molecule has 2 aliphatic rings. The van der Waals surface area contributed by atoms with E-state index in [0.29, 0.717) is 30.3 Å². The molecule has 1 aromatic rings. The molecule has 3 rings (SSSR count). The number of fused-ring (bicyclic) bond motifs is 2. The molecule has 1 N–H and O–H groups in total. The number of rotatable bonds is 4. The molecule has 3 nitrogen and oxygen atoms in total. The highest BCUT2D eigenvalue weighted by atomic mass is 16.2. The van der Waals surface area contributed by atoms with Crippen molar-refractivity contribution in [2.75, 3.05) is 13.1 Å². The zero-order valence-corrected chi connectivity index (χ0v) is 13.8. The molecule has 22 heavy (non-hydrogen) atoms. The average molecular weight is 300 g/mol. The monoisotopic (exact) mass is 300 g/mol. The molecule has 3 atom stereocenters. The van der Waals surface area contributed by atoms with Gasteiger partial charge in [-0.25, -0.2) is 0 Å². The lowest BCUT2D eigenvalue weighted by Gasteiger charge is -2.29. The first-order valence-corrected chi connectivity index (χ1v) is 8.79. The van der Waals surface area contributed by atoms with Gasteiger partial charge in [0.25, 0.3) is 0 Å². The summed E-state index contributed by atoms with van der Waals surface area (Å²) in [5.74, 6) is 0.650. The lowest BCUT2D eigenvalue weighted by Crippen LogP contribution is -2.42. The van der Waals surface area contributed by atoms with E-state index in [0.717, 1.165) is 25.9 Å². The topological polar surface area (TPSA) is 32.3 Å². The van der Waals surface area contributed by atoms with Crippen molar-refractivity contribution < 1.29 is 4.79 Å². The van der Waals surface area contributed by atoms with Crippen LogP contribution in [0.4, 0.5) is 0 Å². The zero-order chi connectivity index (χ0) is 15.5. The first-order chi connectivity index (χ1) is 10.7. The molecule has 120 valence electrons. The fourth-order valence-corrected chi connectivity index (χ4v) is 3.96. The number of amides is 1. The Labute approximate surface area is 134 Å². The second-order valence-corrected chi connectivity index (χ2v) is 6.88.